The van der Waals surface area contributed by atoms with E-state index in [0.29, 0.717) is 0 Å². The summed E-state index contributed by atoms with van der Waals surface area (Å²) in [5.41, 5.74) is 2.66. The zero-order chi connectivity index (χ0) is 9.26. The standard InChI is InChI=1S/C11H9BrS/c1-8-4-2-3-5-10(8)11-6-9(12)7-13-11/h2-7H,1H3. The molecule has 0 saturated carbocycles. The molecule has 0 saturated heterocycles. The first-order valence-electron chi connectivity index (χ1n) is 4.07. The molecule has 0 aliphatic heterocycles. The van der Waals surface area contributed by atoms with Gasteiger partial charge in [-0.05, 0) is 40.0 Å². The molecule has 2 rings (SSSR count). The lowest BCUT2D eigenvalue weighted by molar-refractivity contribution is 1.48. The van der Waals surface area contributed by atoms with Crippen LogP contribution in [0.25, 0.3) is 10.4 Å². The van der Waals surface area contributed by atoms with Gasteiger partial charge in [0.15, 0.2) is 0 Å². The summed E-state index contributed by atoms with van der Waals surface area (Å²) in [7, 11) is 0. The normalized spacial score (nSPS) is 10.3. The van der Waals surface area contributed by atoms with Gasteiger partial charge in [-0.1, -0.05) is 24.3 Å². The van der Waals surface area contributed by atoms with Crippen LogP contribution in [0, 0.1) is 6.92 Å². The zero-order valence-electron chi connectivity index (χ0n) is 7.25. The van der Waals surface area contributed by atoms with Crippen LogP contribution in [0.3, 0.4) is 0 Å². The van der Waals surface area contributed by atoms with E-state index < -0.39 is 0 Å². The average Bonchev–Trinajstić information content (AvgIpc) is 2.53. The molecule has 0 amide bonds. The number of aryl methyl sites for hydroxylation is 1. The highest BCUT2D eigenvalue weighted by Gasteiger charge is 2.02. The molecule has 1 aromatic carbocycles. The Bertz CT molecular complexity index is 418. The molecule has 0 radical (unpaired) electrons. The Labute approximate surface area is 90.4 Å². The highest BCUT2D eigenvalue weighted by atomic mass is 79.9. The van der Waals surface area contributed by atoms with Gasteiger partial charge in [0.05, 0.1) is 0 Å². The van der Waals surface area contributed by atoms with Crippen LogP contribution in [0.4, 0.5) is 0 Å². The number of benzene rings is 1. The lowest BCUT2D eigenvalue weighted by Gasteiger charge is -2.00. The van der Waals surface area contributed by atoms with E-state index in [4.69, 9.17) is 0 Å². The van der Waals surface area contributed by atoms with Gasteiger partial charge in [0.1, 0.15) is 0 Å². The summed E-state index contributed by atoms with van der Waals surface area (Å²) < 4.78 is 1.16. The van der Waals surface area contributed by atoms with Gasteiger partial charge in [0.25, 0.3) is 0 Å². The second-order valence-corrected chi connectivity index (χ2v) is 4.77. The van der Waals surface area contributed by atoms with Gasteiger partial charge in [0.2, 0.25) is 0 Å². The predicted octanol–water partition coefficient (Wildman–Crippen LogP) is 4.49. The van der Waals surface area contributed by atoms with Crippen molar-refractivity contribution in [1.29, 1.82) is 0 Å². The summed E-state index contributed by atoms with van der Waals surface area (Å²) in [4.78, 5) is 1.32. The van der Waals surface area contributed by atoms with Gasteiger partial charge in [-0.15, -0.1) is 11.3 Å². The molecule has 13 heavy (non-hydrogen) atoms. The predicted molar refractivity (Wildman–Crippen MR) is 62.2 cm³/mol. The smallest absolute Gasteiger partial charge is 0.0356 e. The van der Waals surface area contributed by atoms with Gasteiger partial charge in [-0.2, -0.15) is 0 Å². The first kappa shape index (κ1) is 8.97. The molecule has 0 aliphatic carbocycles. The van der Waals surface area contributed by atoms with Crippen LogP contribution >= 0.6 is 27.3 Å². The molecule has 0 atom stereocenters. The fraction of sp³-hybridized carbons (Fsp3) is 0.0909. The lowest BCUT2D eigenvalue weighted by atomic mass is 10.1. The maximum absolute atomic E-state index is 3.46. The Balaban J connectivity index is 2.52. The van der Waals surface area contributed by atoms with Crippen molar-refractivity contribution in [3.63, 3.8) is 0 Å². The molecular weight excluding hydrogens is 244 g/mol. The van der Waals surface area contributed by atoms with E-state index in [9.17, 15) is 0 Å². The molecule has 0 spiro atoms. The van der Waals surface area contributed by atoms with E-state index in [1.807, 2.05) is 0 Å². The first-order chi connectivity index (χ1) is 6.27. The summed E-state index contributed by atoms with van der Waals surface area (Å²) in [5.74, 6) is 0. The second-order valence-electron chi connectivity index (χ2n) is 2.94. The molecule has 2 aromatic rings. The van der Waals surface area contributed by atoms with Crippen LogP contribution in [-0.2, 0) is 0 Å². The molecule has 2 heteroatoms. The van der Waals surface area contributed by atoms with Crippen LogP contribution in [0.15, 0.2) is 40.2 Å². The van der Waals surface area contributed by atoms with Crippen molar-refractivity contribution < 1.29 is 0 Å². The van der Waals surface area contributed by atoms with Crippen LogP contribution < -0.4 is 0 Å². The minimum Gasteiger partial charge on any atom is -0.143 e. The maximum Gasteiger partial charge on any atom is 0.0356 e. The average molecular weight is 253 g/mol. The summed E-state index contributed by atoms with van der Waals surface area (Å²) in [6.45, 7) is 2.14. The summed E-state index contributed by atoms with van der Waals surface area (Å²) >= 11 is 5.23. The molecule has 0 bridgehead atoms. The molecule has 1 aromatic heterocycles. The van der Waals surface area contributed by atoms with Crippen molar-refractivity contribution in [2.45, 2.75) is 6.92 Å². The van der Waals surface area contributed by atoms with E-state index >= 15 is 0 Å². The summed E-state index contributed by atoms with van der Waals surface area (Å²) in [6.07, 6.45) is 0. The Hall–Kier alpha value is -0.600. The number of thiophene rings is 1. The molecule has 0 aliphatic rings. The van der Waals surface area contributed by atoms with Crippen LogP contribution in [0.1, 0.15) is 5.56 Å². The number of hydrogen-bond donors (Lipinski definition) is 0. The monoisotopic (exact) mass is 252 g/mol. The fourth-order valence-corrected chi connectivity index (χ4v) is 2.82. The quantitative estimate of drug-likeness (QED) is 0.702. The van der Waals surface area contributed by atoms with Crippen LogP contribution in [0.2, 0.25) is 0 Å². The number of halogens is 1. The van der Waals surface area contributed by atoms with E-state index in [1.165, 1.54) is 16.0 Å². The van der Waals surface area contributed by atoms with Gasteiger partial charge in [-0.25, -0.2) is 0 Å². The Morgan fingerprint density at radius 2 is 2.00 bits per heavy atom. The highest BCUT2D eigenvalue weighted by molar-refractivity contribution is 9.10. The number of hydrogen-bond acceptors (Lipinski definition) is 1. The minimum atomic E-state index is 1.16. The van der Waals surface area contributed by atoms with Crippen molar-refractivity contribution in [3.8, 4) is 10.4 Å². The fourth-order valence-electron chi connectivity index (χ4n) is 1.30. The van der Waals surface area contributed by atoms with Gasteiger partial charge >= 0.3 is 0 Å². The molecule has 0 fully saturated rings. The van der Waals surface area contributed by atoms with E-state index in [2.05, 4.69) is 58.6 Å². The summed E-state index contributed by atoms with van der Waals surface area (Å²) in [5, 5.41) is 2.11. The maximum atomic E-state index is 3.46. The topological polar surface area (TPSA) is 0 Å². The zero-order valence-corrected chi connectivity index (χ0v) is 9.65. The SMILES string of the molecule is Cc1ccccc1-c1cc(Br)cs1. The Morgan fingerprint density at radius 3 is 2.62 bits per heavy atom. The molecular formula is C11H9BrS. The van der Waals surface area contributed by atoms with Crippen molar-refractivity contribution >= 4 is 27.3 Å². The van der Waals surface area contributed by atoms with Gasteiger partial charge < -0.3 is 0 Å². The van der Waals surface area contributed by atoms with Crippen molar-refractivity contribution in [2.75, 3.05) is 0 Å². The Kier molecular flexibility index (Phi) is 2.51. The van der Waals surface area contributed by atoms with Gasteiger partial charge in [0, 0.05) is 14.7 Å². The number of rotatable bonds is 1. The minimum absolute atomic E-state index is 1.16. The largest absolute Gasteiger partial charge is 0.143 e. The molecule has 0 nitrogen and oxygen atoms in total. The first-order valence-corrected chi connectivity index (χ1v) is 5.74. The molecule has 0 N–H and O–H groups in total. The van der Waals surface area contributed by atoms with E-state index in [1.54, 1.807) is 11.3 Å². The van der Waals surface area contributed by atoms with Gasteiger partial charge in [-0.3, -0.25) is 0 Å². The molecule has 0 unspecified atom stereocenters. The molecule has 66 valence electrons. The Morgan fingerprint density at radius 1 is 1.23 bits per heavy atom. The third-order valence-corrected chi connectivity index (χ3v) is 3.70. The van der Waals surface area contributed by atoms with E-state index in [0.717, 1.165) is 4.47 Å². The third-order valence-electron chi connectivity index (χ3n) is 1.98. The third kappa shape index (κ3) is 1.84. The highest BCUT2D eigenvalue weighted by Crippen LogP contribution is 2.31. The summed E-state index contributed by atoms with van der Waals surface area (Å²) in [6, 6.07) is 10.6. The molecule has 1 heterocycles. The van der Waals surface area contributed by atoms with Crippen molar-refractivity contribution in [1.82, 2.24) is 0 Å². The second kappa shape index (κ2) is 3.64. The van der Waals surface area contributed by atoms with E-state index in [-0.39, 0.29) is 0 Å². The van der Waals surface area contributed by atoms with Crippen LogP contribution in [0.5, 0.6) is 0 Å². The van der Waals surface area contributed by atoms with Crippen molar-refractivity contribution in [2.24, 2.45) is 0 Å². The van der Waals surface area contributed by atoms with Crippen molar-refractivity contribution in [3.05, 3.63) is 45.7 Å². The lowest BCUT2D eigenvalue weighted by Crippen LogP contribution is -1.77. The van der Waals surface area contributed by atoms with Crippen LogP contribution in [-0.4, -0.2) is 0 Å².